The first kappa shape index (κ1) is 22.2. The molecule has 0 saturated carbocycles. The number of benzene rings is 1. The summed E-state index contributed by atoms with van der Waals surface area (Å²) in [6, 6.07) is 4.88. The van der Waals surface area contributed by atoms with Gasteiger partial charge in [0.15, 0.2) is 5.83 Å². The summed E-state index contributed by atoms with van der Waals surface area (Å²) in [6.07, 6.45) is -6.66. The zero-order valence-corrected chi connectivity index (χ0v) is 15.6. The SMILES string of the molecule is C=C(F)C(=O)N1CC(Nc2c(C(F)F)ccnc2Oc2ccc(OC(F)(F)F)cc2)C1. The Hall–Kier alpha value is -3.44. The lowest BCUT2D eigenvalue weighted by Crippen LogP contribution is -2.57. The van der Waals surface area contributed by atoms with Crippen molar-refractivity contribution < 1.29 is 40.6 Å². The van der Waals surface area contributed by atoms with E-state index in [-0.39, 0.29) is 30.4 Å². The molecular weight excluding hydrogens is 432 g/mol. The van der Waals surface area contributed by atoms with Crippen molar-refractivity contribution in [2.45, 2.75) is 18.8 Å². The van der Waals surface area contributed by atoms with Gasteiger partial charge >= 0.3 is 6.36 Å². The van der Waals surface area contributed by atoms with Crippen LogP contribution in [0.4, 0.5) is 32.0 Å². The molecule has 166 valence electrons. The van der Waals surface area contributed by atoms with E-state index in [2.05, 4.69) is 21.6 Å². The van der Waals surface area contributed by atoms with Crippen LogP contribution in [0.15, 0.2) is 48.9 Å². The van der Waals surface area contributed by atoms with Crippen molar-refractivity contribution in [3.05, 3.63) is 54.5 Å². The number of halogens is 6. The highest BCUT2D eigenvalue weighted by molar-refractivity contribution is 5.91. The van der Waals surface area contributed by atoms with Crippen LogP contribution in [-0.2, 0) is 4.79 Å². The van der Waals surface area contributed by atoms with Crippen LogP contribution < -0.4 is 14.8 Å². The van der Waals surface area contributed by atoms with Gasteiger partial charge in [-0.2, -0.15) is 0 Å². The maximum atomic E-state index is 13.5. The normalized spacial score (nSPS) is 14.2. The molecule has 6 nitrogen and oxygen atoms in total. The molecular formula is C19H15F6N3O3. The van der Waals surface area contributed by atoms with Gasteiger partial charge in [-0.15, -0.1) is 13.2 Å². The molecule has 0 radical (unpaired) electrons. The molecule has 1 aliphatic rings. The minimum atomic E-state index is -4.86. The standard InChI is InChI=1S/C19H15F6N3O3/c1-10(20)18(29)28-8-11(9-28)27-15-14(16(21)22)6-7-26-17(15)30-12-2-4-13(5-3-12)31-19(23,24)25/h2-7,11,16,27H,1,8-9H2. The molecule has 1 aromatic heterocycles. The summed E-state index contributed by atoms with van der Waals surface area (Å²) >= 11 is 0. The van der Waals surface area contributed by atoms with Crippen molar-refractivity contribution >= 4 is 11.6 Å². The summed E-state index contributed by atoms with van der Waals surface area (Å²) in [5.74, 6) is -2.73. The van der Waals surface area contributed by atoms with Crippen LogP contribution in [0.2, 0.25) is 0 Å². The van der Waals surface area contributed by atoms with E-state index in [4.69, 9.17) is 4.74 Å². The summed E-state index contributed by atoms with van der Waals surface area (Å²) in [6.45, 7) is 3.00. The first-order valence-electron chi connectivity index (χ1n) is 8.74. The Balaban J connectivity index is 1.76. The average Bonchev–Trinajstić information content (AvgIpc) is 2.64. The van der Waals surface area contributed by atoms with Crippen molar-refractivity contribution in [2.75, 3.05) is 18.4 Å². The van der Waals surface area contributed by atoms with Gasteiger partial charge in [-0.25, -0.2) is 18.2 Å². The summed E-state index contributed by atoms with van der Waals surface area (Å²) in [4.78, 5) is 16.6. The van der Waals surface area contributed by atoms with Gasteiger partial charge in [0.25, 0.3) is 12.3 Å². The Morgan fingerprint density at radius 2 is 1.77 bits per heavy atom. The molecule has 2 aromatic rings. The Morgan fingerprint density at radius 3 is 2.32 bits per heavy atom. The fourth-order valence-corrected chi connectivity index (χ4v) is 2.79. The average molecular weight is 447 g/mol. The third kappa shape index (κ3) is 5.58. The lowest BCUT2D eigenvalue weighted by molar-refractivity contribution is -0.274. The van der Waals surface area contributed by atoms with E-state index < -0.39 is 41.9 Å². The minimum Gasteiger partial charge on any atom is -0.437 e. The molecule has 31 heavy (non-hydrogen) atoms. The number of aromatic nitrogens is 1. The molecule has 1 amide bonds. The number of pyridine rings is 1. The molecule has 1 aromatic carbocycles. The number of nitrogens with zero attached hydrogens (tertiary/aromatic N) is 2. The van der Waals surface area contributed by atoms with Crippen LogP contribution in [0.5, 0.6) is 17.4 Å². The molecule has 1 fully saturated rings. The lowest BCUT2D eigenvalue weighted by atomic mass is 10.1. The molecule has 12 heteroatoms. The molecule has 0 aliphatic carbocycles. The van der Waals surface area contributed by atoms with Gasteiger partial charge in [-0.05, 0) is 30.3 Å². The molecule has 0 atom stereocenters. The van der Waals surface area contributed by atoms with Crippen molar-refractivity contribution in [3.8, 4) is 17.4 Å². The minimum absolute atomic E-state index is 0.0237. The molecule has 0 bridgehead atoms. The highest BCUT2D eigenvalue weighted by Crippen LogP contribution is 2.37. The topological polar surface area (TPSA) is 63.7 Å². The molecule has 1 N–H and O–H groups in total. The number of amides is 1. The van der Waals surface area contributed by atoms with Gasteiger partial charge in [-0.3, -0.25) is 4.79 Å². The quantitative estimate of drug-likeness (QED) is 0.487. The molecule has 3 rings (SSSR count). The molecule has 1 saturated heterocycles. The van der Waals surface area contributed by atoms with Crippen LogP contribution in [-0.4, -0.2) is 41.3 Å². The van der Waals surface area contributed by atoms with Gasteiger partial charge < -0.3 is 19.7 Å². The van der Waals surface area contributed by atoms with Crippen molar-refractivity contribution in [3.63, 3.8) is 0 Å². The van der Waals surface area contributed by atoms with E-state index in [1.165, 1.54) is 0 Å². The Kier molecular flexibility index (Phi) is 6.27. The maximum absolute atomic E-state index is 13.5. The number of carbonyl (C=O) groups is 1. The number of rotatable bonds is 7. The lowest BCUT2D eigenvalue weighted by Gasteiger charge is -2.40. The molecule has 0 spiro atoms. The third-order valence-corrected chi connectivity index (χ3v) is 4.20. The summed E-state index contributed by atoms with van der Waals surface area (Å²) in [7, 11) is 0. The molecule has 0 unspecified atom stereocenters. The number of anilines is 1. The Bertz CT molecular complexity index is 959. The molecule has 2 heterocycles. The molecule has 1 aliphatic heterocycles. The second kappa shape index (κ2) is 8.74. The first-order valence-corrected chi connectivity index (χ1v) is 8.74. The third-order valence-electron chi connectivity index (χ3n) is 4.20. The second-order valence-corrected chi connectivity index (χ2v) is 6.46. The number of hydrogen-bond donors (Lipinski definition) is 1. The Labute approximate surface area is 172 Å². The van der Waals surface area contributed by atoms with Gasteiger partial charge in [0, 0.05) is 24.8 Å². The van der Waals surface area contributed by atoms with E-state index >= 15 is 0 Å². The van der Waals surface area contributed by atoms with Gasteiger partial charge in [0.2, 0.25) is 5.88 Å². The summed E-state index contributed by atoms with van der Waals surface area (Å²) < 4.78 is 85.8. The number of carbonyl (C=O) groups excluding carboxylic acids is 1. The van der Waals surface area contributed by atoms with E-state index in [0.717, 1.165) is 41.4 Å². The van der Waals surface area contributed by atoms with Crippen molar-refractivity contribution in [2.24, 2.45) is 0 Å². The van der Waals surface area contributed by atoms with Gasteiger partial charge in [0.05, 0.1) is 6.04 Å². The van der Waals surface area contributed by atoms with E-state index in [0.29, 0.717) is 0 Å². The Morgan fingerprint density at radius 1 is 1.16 bits per heavy atom. The van der Waals surface area contributed by atoms with Crippen molar-refractivity contribution in [1.29, 1.82) is 0 Å². The van der Waals surface area contributed by atoms with E-state index in [1.54, 1.807) is 0 Å². The van der Waals surface area contributed by atoms with Crippen LogP contribution in [0.1, 0.15) is 12.0 Å². The number of hydrogen-bond acceptors (Lipinski definition) is 5. The number of ether oxygens (including phenoxy) is 2. The highest BCUT2D eigenvalue weighted by Gasteiger charge is 2.34. The first-order chi connectivity index (χ1) is 14.5. The summed E-state index contributed by atoms with van der Waals surface area (Å²) in [5.41, 5.74) is -0.578. The van der Waals surface area contributed by atoms with Gasteiger partial charge in [-0.1, -0.05) is 6.58 Å². The predicted molar refractivity (Wildman–Crippen MR) is 96.6 cm³/mol. The van der Waals surface area contributed by atoms with Crippen LogP contribution in [0.3, 0.4) is 0 Å². The predicted octanol–water partition coefficient (Wildman–Crippen LogP) is 4.82. The zero-order valence-electron chi connectivity index (χ0n) is 15.6. The monoisotopic (exact) mass is 447 g/mol. The van der Waals surface area contributed by atoms with Gasteiger partial charge in [0.1, 0.15) is 17.2 Å². The highest BCUT2D eigenvalue weighted by atomic mass is 19.4. The summed E-state index contributed by atoms with van der Waals surface area (Å²) in [5, 5.41) is 2.80. The number of alkyl halides is 5. The van der Waals surface area contributed by atoms with Crippen molar-refractivity contribution in [1.82, 2.24) is 9.88 Å². The fourth-order valence-electron chi connectivity index (χ4n) is 2.79. The number of nitrogens with one attached hydrogen (secondary N) is 1. The smallest absolute Gasteiger partial charge is 0.437 e. The number of likely N-dealkylation sites (tertiary alicyclic amines) is 1. The van der Waals surface area contributed by atoms with Crippen LogP contribution >= 0.6 is 0 Å². The fraction of sp³-hybridized carbons (Fsp3) is 0.263. The van der Waals surface area contributed by atoms with Crippen LogP contribution in [0, 0.1) is 0 Å². The maximum Gasteiger partial charge on any atom is 0.573 e. The second-order valence-electron chi connectivity index (χ2n) is 6.46. The van der Waals surface area contributed by atoms with Crippen LogP contribution in [0.25, 0.3) is 0 Å². The van der Waals surface area contributed by atoms with E-state index in [1.807, 2.05) is 0 Å². The zero-order chi connectivity index (χ0) is 22.8. The largest absolute Gasteiger partial charge is 0.573 e. The van der Waals surface area contributed by atoms with E-state index in [9.17, 15) is 31.1 Å².